The summed E-state index contributed by atoms with van der Waals surface area (Å²) in [5.41, 5.74) is 0. The Labute approximate surface area is 132 Å². The van der Waals surface area contributed by atoms with Crippen molar-refractivity contribution in [1.29, 1.82) is 0 Å². The van der Waals surface area contributed by atoms with Crippen LogP contribution in [-0.4, -0.2) is 13.1 Å². The average Bonchev–Trinajstić information content (AvgIpc) is 2.94. The molecule has 0 aromatic carbocycles. The minimum atomic E-state index is -0.0608. The summed E-state index contributed by atoms with van der Waals surface area (Å²) < 4.78 is 4.65. The maximum atomic E-state index is 11.0. The molecule has 2 nitrogen and oxygen atoms in total. The van der Waals surface area contributed by atoms with Crippen molar-refractivity contribution in [3.05, 3.63) is 0 Å². The maximum absolute atomic E-state index is 11.0. The first-order valence-electron chi connectivity index (χ1n) is 9.34. The van der Waals surface area contributed by atoms with Crippen LogP contribution in [0.15, 0.2) is 0 Å². The van der Waals surface area contributed by atoms with Crippen molar-refractivity contribution in [3.63, 3.8) is 0 Å². The van der Waals surface area contributed by atoms with Gasteiger partial charge in [-0.3, -0.25) is 4.79 Å². The molecule has 0 aromatic heterocycles. The molecule has 0 bridgehead atoms. The Bertz CT molecular complexity index is 262. The summed E-state index contributed by atoms with van der Waals surface area (Å²) in [6, 6.07) is 0. The summed E-state index contributed by atoms with van der Waals surface area (Å²) in [6.07, 6.45) is 18.4. The van der Waals surface area contributed by atoms with E-state index >= 15 is 0 Å². The molecule has 0 spiro atoms. The zero-order valence-corrected chi connectivity index (χ0v) is 14.4. The number of esters is 1. The molecule has 1 rings (SSSR count). The number of rotatable bonds is 12. The lowest BCUT2D eigenvalue weighted by molar-refractivity contribution is -0.140. The standard InChI is InChI=1S/C19H36O2/c1-3-4-12-17-14-11-15-18(17)13-9-7-5-6-8-10-16-19(20)21-2/h17-18H,3-16H2,1-2H3/t17-,18-/m0/s1. The molecule has 2 heteroatoms. The van der Waals surface area contributed by atoms with Gasteiger partial charge in [0, 0.05) is 6.42 Å². The normalized spacial score (nSPS) is 21.6. The van der Waals surface area contributed by atoms with Crippen LogP contribution in [0.3, 0.4) is 0 Å². The molecule has 124 valence electrons. The maximum Gasteiger partial charge on any atom is 0.305 e. The summed E-state index contributed by atoms with van der Waals surface area (Å²) in [7, 11) is 1.47. The van der Waals surface area contributed by atoms with Gasteiger partial charge in [0.15, 0.2) is 0 Å². The number of ether oxygens (including phenoxy) is 1. The van der Waals surface area contributed by atoms with Gasteiger partial charge in [0.25, 0.3) is 0 Å². The van der Waals surface area contributed by atoms with E-state index in [-0.39, 0.29) is 5.97 Å². The van der Waals surface area contributed by atoms with Gasteiger partial charge in [-0.05, 0) is 18.3 Å². The molecule has 1 saturated carbocycles. The SMILES string of the molecule is CCCC[C@H]1CCC[C@@H]1CCCCCCCCC(=O)OC. The molecule has 21 heavy (non-hydrogen) atoms. The lowest BCUT2D eigenvalue weighted by Gasteiger charge is -2.19. The van der Waals surface area contributed by atoms with Gasteiger partial charge in [-0.1, -0.05) is 84.0 Å². The van der Waals surface area contributed by atoms with Crippen molar-refractivity contribution < 1.29 is 9.53 Å². The summed E-state index contributed by atoms with van der Waals surface area (Å²) in [5.74, 6) is 2.02. The second-order valence-electron chi connectivity index (χ2n) is 6.83. The van der Waals surface area contributed by atoms with Gasteiger partial charge in [-0.25, -0.2) is 0 Å². The Morgan fingerprint density at radius 3 is 2.10 bits per heavy atom. The van der Waals surface area contributed by atoms with E-state index in [2.05, 4.69) is 11.7 Å². The first kappa shape index (κ1) is 18.5. The van der Waals surface area contributed by atoms with E-state index in [1.54, 1.807) is 0 Å². The lowest BCUT2D eigenvalue weighted by Crippen LogP contribution is -2.07. The third-order valence-corrected chi connectivity index (χ3v) is 5.18. The predicted octanol–water partition coefficient (Wildman–Crippen LogP) is 5.89. The predicted molar refractivity (Wildman–Crippen MR) is 89.3 cm³/mol. The fourth-order valence-electron chi connectivity index (χ4n) is 3.83. The molecule has 0 saturated heterocycles. The van der Waals surface area contributed by atoms with Crippen LogP contribution in [-0.2, 0) is 9.53 Å². The highest BCUT2D eigenvalue weighted by atomic mass is 16.5. The zero-order chi connectivity index (χ0) is 15.3. The van der Waals surface area contributed by atoms with Gasteiger partial charge in [-0.15, -0.1) is 0 Å². The summed E-state index contributed by atoms with van der Waals surface area (Å²) in [5, 5.41) is 0. The molecule has 1 aliphatic rings. The van der Waals surface area contributed by atoms with Gasteiger partial charge in [0.1, 0.15) is 0 Å². The van der Waals surface area contributed by atoms with E-state index in [0.29, 0.717) is 6.42 Å². The minimum Gasteiger partial charge on any atom is -0.469 e. The largest absolute Gasteiger partial charge is 0.469 e. The first-order valence-corrected chi connectivity index (χ1v) is 9.34. The van der Waals surface area contributed by atoms with Crippen LogP contribution in [0, 0.1) is 11.8 Å². The monoisotopic (exact) mass is 296 g/mol. The fraction of sp³-hybridized carbons (Fsp3) is 0.947. The van der Waals surface area contributed by atoms with Crippen LogP contribution in [0.1, 0.15) is 96.8 Å². The third-order valence-electron chi connectivity index (χ3n) is 5.18. The number of unbranched alkanes of at least 4 members (excludes halogenated alkanes) is 6. The molecular formula is C19H36O2. The molecule has 0 aliphatic heterocycles. The Kier molecular flexibility index (Phi) is 10.6. The highest BCUT2D eigenvalue weighted by Gasteiger charge is 2.25. The summed E-state index contributed by atoms with van der Waals surface area (Å²) in [6.45, 7) is 2.31. The molecule has 0 amide bonds. The Balaban J connectivity index is 1.92. The van der Waals surface area contributed by atoms with E-state index in [0.717, 1.165) is 18.3 Å². The Hall–Kier alpha value is -0.530. The van der Waals surface area contributed by atoms with Crippen molar-refractivity contribution in [3.8, 4) is 0 Å². The number of hydrogen-bond acceptors (Lipinski definition) is 2. The van der Waals surface area contributed by atoms with E-state index in [9.17, 15) is 4.79 Å². The zero-order valence-electron chi connectivity index (χ0n) is 14.4. The number of methoxy groups -OCH3 is 1. The molecule has 0 unspecified atom stereocenters. The molecule has 1 aliphatic carbocycles. The molecular weight excluding hydrogens is 260 g/mol. The second kappa shape index (κ2) is 12.1. The van der Waals surface area contributed by atoms with Crippen molar-refractivity contribution >= 4 is 5.97 Å². The summed E-state index contributed by atoms with van der Waals surface area (Å²) in [4.78, 5) is 11.0. The van der Waals surface area contributed by atoms with E-state index in [4.69, 9.17) is 0 Å². The van der Waals surface area contributed by atoms with Gasteiger partial charge < -0.3 is 4.74 Å². The molecule has 0 heterocycles. The van der Waals surface area contributed by atoms with E-state index in [1.807, 2.05) is 0 Å². The van der Waals surface area contributed by atoms with Crippen LogP contribution in [0.2, 0.25) is 0 Å². The Morgan fingerprint density at radius 2 is 1.48 bits per heavy atom. The van der Waals surface area contributed by atoms with Gasteiger partial charge in [0.2, 0.25) is 0 Å². The van der Waals surface area contributed by atoms with E-state index < -0.39 is 0 Å². The molecule has 0 radical (unpaired) electrons. The van der Waals surface area contributed by atoms with Gasteiger partial charge in [-0.2, -0.15) is 0 Å². The quantitative estimate of drug-likeness (QED) is 0.332. The molecule has 0 aromatic rings. The van der Waals surface area contributed by atoms with Crippen molar-refractivity contribution in [2.24, 2.45) is 11.8 Å². The second-order valence-corrected chi connectivity index (χ2v) is 6.83. The van der Waals surface area contributed by atoms with Crippen LogP contribution >= 0.6 is 0 Å². The molecule has 2 atom stereocenters. The highest BCUT2D eigenvalue weighted by Crippen LogP contribution is 2.38. The highest BCUT2D eigenvalue weighted by molar-refractivity contribution is 5.68. The van der Waals surface area contributed by atoms with Crippen LogP contribution in [0.5, 0.6) is 0 Å². The first-order chi connectivity index (χ1) is 10.3. The van der Waals surface area contributed by atoms with Crippen molar-refractivity contribution in [2.75, 3.05) is 7.11 Å². The van der Waals surface area contributed by atoms with Crippen LogP contribution in [0.4, 0.5) is 0 Å². The smallest absolute Gasteiger partial charge is 0.305 e. The minimum absolute atomic E-state index is 0.0608. The van der Waals surface area contributed by atoms with Crippen LogP contribution < -0.4 is 0 Å². The number of carbonyl (C=O) groups excluding carboxylic acids is 1. The van der Waals surface area contributed by atoms with Crippen molar-refractivity contribution in [1.82, 2.24) is 0 Å². The van der Waals surface area contributed by atoms with Crippen molar-refractivity contribution in [2.45, 2.75) is 96.8 Å². The van der Waals surface area contributed by atoms with Gasteiger partial charge in [0.05, 0.1) is 7.11 Å². The molecule has 0 N–H and O–H groups in total. The average molecular weight is 296 g/mol. The lowest BCUT2D eigenvalue weighted by atomic mass is 9.87. The number of carbonyl (C=O) groups is 1. The molecule has 1 fully saturated rings. The van der Waals surface area contributed by atoms with Crippen LogP contribution in [0.25, 0.3) is 0 Å². The van der Waals surface area contributed by atoms with Gasteiger partial charge >= 0.3 is 5.97 Å². The van der Waals surface area contributed by atoms with E-state index in [1.165, 1.54) is 84.2 Å². The fourth-order valence-corrected chi connectivity index (χ4v) is 3.83. The third kappa shape index (κ3) is 8.48. The summed E-state index contributed by atoms with van der Waals surface area (Å²) >= 11 is 0. The Morgan fingerprint density at radius 1 is 0.905 bits per heavy atom. The topological polar surface area (TPSA) is 26.3 Å². The number of hydrogen-bond donors (Lipinski definition) is 0.